The molecule has 0 saturated carbocycles. The first kappa shape index (κ1) is 23.0. The molecule has 2 aliphatic rings. The molecule has 2 aromatic heterocycles. The minimum absolute atomic E-state index is 0.0272. The standard InChI is InChI=1S/C21H24F2N6O3S/c1-20(2)19(24)29-21(3,15-8-9-26-33(15,20)31)17-13(23)5-7-16(27-17)28-18(30)14-6-4-12(10-25-14)32-11-22/h4-7,10,15H,8-9,11H2,1-3H3,(H2,24,29)(H,27,28,30)/t15-,21+,33-/m1/s1. The van der Waals surface area contributed by atoms with E-state index in [9.17, 15) is 13.4 Å². The Kier molecular flexibility index (Phi) is 5.59. The van der Waals surface area contributed by atoms with Gasteiger partial charge in [-0.3, -0.25) is 9.79 Å². The van der Waals surface area contributed by atoms with Gasteiger partial charge in [-0.05, 0) is 51.5 Å². The van der Waals surface area contributed by atoms with Crippen LogP contribution < -0.4 is 15.8 Å². The lowest BCUT2D eigenvalue weighted by Gasteiger charge is -2.44. The second kappa shape index (κ2) is 8.01. The summed E-state index contributed by atoms with van der Waals surface area (Å²) >= 11 is 0. The van der Waals surface area contributed by atoms with Gasteiger partial charge in [-0.1, -0.05) is 0 Å². The van der Waals surface area contributed by atoms with E-state index in [1.54, 1.807) is 20.8 Å². The van der Waals surface area contributed by atoms with E-state index in [-0.39, 0.29) is 28.8 Å². The molecule has 0 saturated heterocycles. The molecular weight excluding hydrogens is 454 g/mol. The first-order valence-corrected chi connectivity index (χ1v) is 11.8. The molecule has 0 fully saturated rings. The Morgan fingerprint density at radius 2 is 2.06 bits per heavy atom. The zero-order valence-corrected chi connectivity index (χ0v) is 19.2. The number of rotatable bonds is 5. The van der Waals surface area contributed by atoms with Crippen LogP contribution in [0, 0.1) is 5.82 Å². The Morgan fingerprint density at radius 1 is 1.30 bits per heavy atom. The van der Waals surface area contributed by atoms with E-state index in [1.165, 1.54) is 24.4 Å². The van der Waals surface area contributed by atoms with Gasteiger partial charge in [-0.2, -0.15) is 0 Å². The molecule has 0 radical (unpaired) electrons. The number of nitrogens with two attached hydrogens (primary N) is 1. The zero-order valence-electron chi connectivity index (χ0n) is 18.3. The number of nitrogens with one attached hydrogen (secondary N) is 1. The van der Waals surface area contributed by atoms with Crippen LogP contribution in [0.3, 0.4) is 0 Å². The first-order chi connectivity index (χ1) is 15.5. The number of aliphatic imine (C=N–C) groups is 1. The summed E-state index contributed by atoms with van der Waals surface area (Å²) in [5.41, 5.74) is 4.82. The van der Waals surface area contributed by atoms with Crippen LogP contribution in [0.15, 0.2) is 39.8 Å². The zero-order chi connectivity index (χ0) is 24.0. The fraction of sp³-hybridized carbons (Fsp3) is 0.429. The first-order valence-electron chi connectivity index (χ1n) is 10.2. The predicted molar refractivity (Wildman–Crippen MR) is 120 cm³/mol. The number of carbonyl (C=O) groups is 1. The minimum atomic E-state index is -2.86. The summed E-state index contributed by atoms with van der Waals surface area (Å²) < 4.78 is 49.2. The molecule has 2 aliphatic heterocycles. The summed E-state index contributed by atoms with van der Waals surface area (Å²) in [5, 5.41) is 1.97. The Bertz CT molecular complexity index is 1260. The van der Waals surface area contributed by atoms with E-state index in [4.69, 9.17) is 5.73 Å². The van der Waals surface area contributed by atoms with Gasteiger partial charge in [-0.25, -0.2) is 27.3 Å². The lowest BCUT2D eigenvalue weighted by atomic mass is 9.89. The van der Waals surface area contributed by atoms with Gasteiger partial charge in [-0.15, -0.1) is 0 Å². The maximum Gasteiger partial charge on any atom is 0.275 e. The van der Waals surface area contributed by atoms with Crippen molar-refractivity contribution in [2.45, 2.75) is 42.7 Å². The average Bonchev–Trinajstić information content (AvgIpc) is 3.19. The number of nitrogens with zero attached hydrogens (tertiary/aromatic N) is 4. The van der Waals surface area contributed by atoms with Crippen LogP contribution >= 0.6 is 0 Å². The molecule has 2 aromatic rings. The topological polar surface area (TPSA) is 132 Å². The van der Waals surface area contributed by atoms with Crippen molar-refractivity contribution >= 4 is 27.3 Å². The minimum Gasteiger partial charge on any atom is -0.461 e. The fourth-order valence-electron chi connectivity index (χ4n) is 4.19. The van der Waals surface area contributed by atoms with Gasteiger partial charge in [0.1, 0.15) is 44.9 Å². The van der Waals surface area contributed by atoms with Crippen molar-refractivity contribution in [3.05, 3.63) is 47.7 Å². The normalized spacial score (nSPS) is 27.8. The number of amides is 1. The summed E-state index contributed by atoms with van der Waals surface area (Å²) in [5.74, 6) is -0.919. The number of aromatic nitrogens is 2. The number of alkyl halides is 1. The van der Waals surface area contributed by atoms with Crippen molar-refractivity contribution < 1.29 is 22.5 Å². The number of amidine groups is 1. The Labute approximate surface area is 190 Å². The van der Waals surface area contributed by atoms with E-state index in [2.05, 4.69) is 29.4 Å². The molecule has 0 spiro atoms. The second-order valence-corrected chi connectivity index (χ2v) is 11.5. The third-order valence-electron chi connectivity index (χ3n) is 6.14. The molecule has 12 heteroatoms. The molecule has 9 nitrogen and oxygen atoms in total. The van der Waals surface area contributed by atoms with E-state index in [0.717, 1.165) is 6.07 Å². The highest BCUT2D eigenvalue weighted by molar-refractivity contribution is 7.96. The number of pyridine rings is 2. The van der Waals surface area contributed by atoms with Crippen molar-refractivity contribution in [1.29, 1.82) is 0 Å². The van der Waals surface area contributed by atoms with E-state index in [0.29, 0.717) is 13.0 Å². The van der Waals surface area contributed by atoms with Crippen molar-refractivity contribution in [3.63, 3.8) is 0 Å². The van der Waals surface area contributed by atoms with E-state index in [1.807, 2.05) is 0 Å². The van der Waals surface area contributed by atoms with Crippen molar-refractivity contribution in [2.24, 2.45) is 15.1 Å². The maximum absolute atomic E-state index is 15.0. The summed E-state index contributed by atoms with van der Waals surface area (Å²) in [6.45, 7) is 4.44. The van der Waals surface area contributed by atoms with Crippen LogP contribution in [0.5, 0.6) is 5.75 Å². The van der Waals surface area contributed by atoms with Gasteiger partial charge < -0.3 is 15.8 Å². The number of hydrogen-bond acceptors (Lipinski definition) is 8. The fourth-order valence-corrected chi connectivity index (χ4v) is 7.33. The number of hydrogen-bond donors (Lipinski definition) is 2. The number of carbonyl (C=O) groups excluding carboxylic acids is 1. The van der Waals surface area contributed by atoms with Gasteiger partial charge >= 0.3 is 0 Å². The molecule has 0 bridgehead atoms. The molecule has 0 aliphatic carbocycles. The van der Waals surface area contributed by atoms with Crippen LogP contribution in [-0.2, 0) is 15.3 Å². The molecule has 176 valence electrons. The van der Waals surface area contributed by atoms with E-state index < -0.39 is 43.8 Å². The molecule has 0 unspecified atom stereocenters. The molecule has 3 atom stereocenters. The molecule has 0 aromatic carbocycles. The molecule has 1 amide bonds. The lowest BCUT2D eigenvalue weighted by Crippen LogP contribution is -2.58. The number of fused-ring (bicyclic) bond motifs is 1. The van der Waals surface area contributed by atoms with Crippen LogP contribution in [0.4, 0.5) is 14.6 Å². The summed E-state index contributed by atoms with van der Waals surface area (Å²) in [7, 11) is -2.86. The largest absolute Gasteiger partial charge is 0.461 e. The highest BCUT2D eigenvalue weighted by Gasteiger charge is 2.57. The smallest absolute Gasteiger partial charge is 0.275 e. The summed E-state index contributed by atoms with van der Waals surface area (Å²) in [6.07, 6.45) is 1.66. The Hall–Kier alpha value is -3.15. The van der Waals surface area contributed by atoms with Crippen molar-refractivity contribution in [3.8, 4) is 5.75 Å². The number of anilines is 1. The Morgan fingerprint density at radius 3 is 2.73 bits per heavy atom. The average molecular weight is 479 g/mol. The molecule has 4 rings (SSSR count). The van der Waals surface area contributed by atoms with Crippen molar-refractivity contribution in [2.75, 3.05) is 18.7 Å². The number of halogens is 2. The quantitative estimate of drug-likeness (QED) is 0.679. The Balaban J connectivity index is 1.69. The monoisotopic (exact) mass is 478 g/mol. The van der Waals surface area contributed by atoms with Gasteiger partial charge in [0.15, 0.2) is 0 Å². The van der Waals surface area contributed by atoms with Crippen LogP contribution in [0.1, 0.15) is 43.4 Å². The highest BCUT2D eigenvalue weighted by atomic mass is 32.2. The molecule has 3 N–H and O–H groups in total. The van der Waals surface area contributed by atoms with Crippen molar-refractivity contribution in [1.82, 2.24) is 9.97 Å². The van der Waals surface area contributed by atoms with Gasteiger partial charge in [0.25, 0.3) is 5.91 Å². The van der Waals surface area contributed by atoms with Crippen LogP contribution in [0.2, 0.25) is 0 Å². The molecular formula is C21H24F2N6O3S. The number of ether oxygens (including phenoxy) is 1. The maximum atomic E-state index is 15.0. The highest BCUT2D eigenvalue weighted by Crippen LogP contribution is 2.47. The van der Waals surface area contributed by atoms with Crippen LogP contribution in [0.25, 0.3) is 0 Å². The van der Waals surface area contributed by atoms with Gasteiger partial charge in [0.2, 0.25) is 6.86 Å². The molecule has 4 heterocycles. The SMILES string of the molecule is CC1(C)C(N)=N[C@](C)(c2nc(NC(=O)c3ccc(OCF)cn3)ccc2F)[C@H]2CCN=[S@@]21=O. The predicted octanol–water partition coefficient (Wildman–Crippen LogP) is 2.78. The van der Waals surface area contributed by atoms with Crippen LogP contribution in [-0.4, -0.2) is 49.3 Å². The third kappa shape index (κ3) is 3.62. The van der Waals surface area contributed by atoms with Gasteiger partial charge in [0, 0.05) is 6.54 Å². The summed E-state index contributed by atoms with van der Waals surface area (Å²) in [4.78, 5) is 25.4. The van der Waals surface area contributed by atoms with E-state index >= 15 is 4.39 Å². The third-order valence-corrected chi connectivity index (χ3v) is 9.85. The van der Waals surface area contributed by atoms with Gasteiger partial charge in [0.05, 0.1) is 21.2 Å². The lowest BCUT2D eigenvalue weighted by molar-refractivity contribution is 0.102. The second-order valence-electron chi connectivity index (χ2n) is 8.47. The summed E-state index contributed by atoms with van der Waals surface area (Å²) in [6, 6.07) is 5.22. The molecule has 33 heavy (non-hydrogen) atoms.